The quantitative estimate of drug-likeness (QED) is 0.577. The molecule has 0 heterocycles. The molecule has 2 fully saturated rings. The maximum absolute atomic E-state index is 10.5. The Labute approximate surface area is 114 Å². The molecule has 0 N–H and O–H groups in total. The van der Waals surface area contributed by atoms with Crippen LogP contribution in [0.3, 0.4) is 0 Å². The average molecular weight is 262 g/mol. The molecule has 4 nitrogen and oxygen atoms in total. The van der Waals surface area contributed by atoms with E-state index >= 15 is 0 Å². The zero-order chi connectivity index (χ0) is 13.8. The number of nitrogens with zero attached hydrogens (tertiary/aromatic N) is 2. The van der Waals surface area contributed by atoms with Crippen LogP contribution in [0.4, 0.5) is 0 Å². The first-order valence-electron chi connectivity index (χ1n) is 7.32. The summed E-state index contributed by atoms with van der Waals surface area (Å²) in [5, 5.41) is 0. The minimum absolute atomic E-state index is 0.320. The summed E-state index contributed by atoms with van der Waals surface area (Å²) in [6, 6.07) is 0. The first-order valence-corrected chi connectivity index (χ1v) is 7.32. The van der Waals surface area contributed by atoms with Crippen LogP contribution in [0.1, 0.15) is 64.7 Å². The monoisotopic (exact) mass is 262 g/mol. The predicted molar refractivity (Wildman–Crippen MR) is 72.1 cm³/mol. The van der Waals surface area contributed by atoms with Crippen LogP contribution in [0.2, 0.25) is 0 Å². The van der Waals surface area contributed by atoms with Crippen molar-refractivity contribution >= 4 is 12.2 Å². The van der Waals surface area contributed by atoms with E-state index in [1.54, 1.807) is 12.2 Å². The van der Waals surface area contributed by atoms with Crippen molar-refractivity contribution in [3.8, 4) is 0 Å². The van der Waals surface area contributed by atoms with Crippen LogP contribution in [0.15, 0.2) is 9.98 Å². The molecule has 0 amide bonds. The molecule has 0 aromatic heterocycles. The van der Waals surface area contributed by atoms with Gasteiger partial charge in [-0.3, -0.25) is 0 Å². The second kappa shape index (κ2) is 5.81. The smallest absolute Gasteiger partial charge is 0.211 e. The van der Waals surface area contributed by atoms with E-state index in [0.717, 1.165) is 18.8 Å². The third-order valence-electron chi connectivity index (χ3n) is 5.29. The zero-order valence-electron chi connectivity index (χ0n) is 11.7. The van der Waals surface area contributed by atoms with Crippen molar-refractivity contribution < 1.29 is 9.59 Å². The molecule has 0 bridgehead atoms. The summed E-state index contributed by atoms with van der Waals surface area (Å²) in [4.78, 5) is 28.6. The highest BCUT2D eigenvalue weighted by molar-refractivity contribution is 5.39. The van der Waals surface area contributed by atoms with Crippen LogP contribution < -0.4 is 0 Å². The zero-order valence-corrected chi connectivity index (χ0v) is 11.7. The average Bonchev–Trinajstić information content (AvgIpc) is 2.44. The van der Waals surface area contributed by atoms with Crippen LogP contribution in [0.25, 0.3) is 0 Å². The van der Waals surface area contributed by atoms with E-state index < -0.39 is 5.66 Å². The maximum atomic E-state index is 10.5. The third-order valence-corrected chi connectivity index (χ3v) is 5.29. The van der Waals surface area contributed by atoms with Crippen LogP contribution in [-0.4, -0.2) is 17.8 Å². The number of isocyanates is 2. The Bertz CT molecular complexity index is 386. The molecule has 2 aliphatic carbocycles. The summed E-state index contributed by atoms with van der Waals surface area (Å²) in [5.41, 5.74) is -0.543. The number of aliphatic imine (C=N–C) groups is 2. The Morgan fingerprint density at radius 3 is 1.89 bits per heavy atom. The molecule has 4 heteroatoms. The molecule has 2 saturated carbocycles. The number of rotatable bonds is 3. The van der Waals surface area contributed by atoms with E-state index in [2.05, 4.69) is 16.9 Å². The highest BCUT2D eigenvalue weighted by atomic mass is 16.1. The Balaban J connectivity index is 2.07. The minimum Gasteiger partial charge on any atom is -0.211 e. The van der Waals surface area contributed by atoms with Crippen molar-refractivity contribution in [2.24, 2.45) is 21.3 Å². The summed E-state index contributed by atoms with van der Waals surface area (Å²) in [6.07, 6.45) is 13.1. The fourth-order valence-corrected chi connectivity index (χ4v) is 3.85. The van der Waals surface area contributed by atoms with Gasteiger partial charge in [0.25, 0.3) is 0 Å². The minimum atomic E-state index is -0.863. The molecular formula is C15H22N2O2. The number of carbonyl (C=O) groups excluding carboxylic acids is 2. The van der Waals surface area contributed by atoms with Crippen molar-refractivity contribution in [3.63, 3.8) is 0 Å². The van der Waals surface area contributed by atoms with Gasteiger partial charge in [0.15, 0.2) is 5.66 Å². The molecule has 19 heavy (non-hydrogen) atoms. The maximum Gasteiger partial charge on any atom is 0.237 e. The highest BCUT2D eigenvalue weighted by Gasteiger charge is 2.44. The predicted octanol–water partition coefficient (Wildman–Crippen LogP) is 3.51. The summed E-state index contributed by atoms with van der Waals surface area (Å²) in [5.74, 6) is 0.777. The fourth-order valence-electron chi connectivity index (χ4n) is 3.85. The van der Waals surface area contributed by atoms with Gasteiger partial charge in [-0.05, 0) is 49.9 Å². The van der Waals surface area contributed by atoms with Gasteiger partial charge in [0.05, 0.1) is 0 Å². The van der Waals surface area contributed by atoms with E-state index in [0.29, 0.717) is 18.3 Å². The summed E-state index contributed by atoms with van der Waals surface area (Å²) >= 11 is 0. The van der Waals surface area contributed by atoms with Crippen molar-refractivity contribution in [3.05, 3.63) is 0 Å². The topological polar surface area (TPSA) is 58.9 Å². The van der Waals surface area contributed by atoms with E-state index in [4.69, 9.17) is 0 Å². The number of hydrogen-bond donors (Lipinski definition) is 0. The summed E-state index contributed by atoms with van der Waals surface area (Å²) in [6.45, 7) is 2.35. The first-order chi connectivity index (χ1) is 9.14. The van der Waals surface area contributed by atoms with Gasteiger partial charge in [-0.25, -0.2) is 9.59 Å². The molecule has 0 aliphatic heterocycles. The molecule has 0 aromatic carbocycles. The lowest BCUT2D eigenvalue weighted by molar-refractivity contribution is 0.0601. The lowest BCUT2D eigenvalue weighted by Gasteiger charge is -2.46. The first kappa shape index (κ1) is 14.2. The molecule has 0 spiro atoms. The third kappa shape index (κ3) is 3.02. The van der Waals surface area contributed by atoms with Crippen LogP contribution in [0, 0.1) is 11.3 Å². The van der Waals surface area contributed by atoms with Gasteiger partial charge in [-0.15, -0.1) is 0 Å². The summed E-state index contributed by atoms with van der Waals surface area (Å²) < 4.78 is 0. The molecule has 0 saturated heterocycles. The Morgan fingerprint density at radius 1 is 0.895 bits per heavy atom. The van der Waals surface area contributed by atoms with E-state index in [1.807, 2.05) is 0 Å². The van der Waals surface area contributed by atoms with Gasteiger partial charge >= 0.3 is 0 Å². The largest absolute Gasteiger partial charge is 0.237 e. The molecule has 2 rings (SSSR count). The molecule has 0 atom stereocenters. The normalized spacial score (nSPS) is 36.1. The van der Waals surface area contributed by atoms with Crippen molar-refractivity contribution in [1.29, 1.82) is 0 Å². The highest BCUT2D eigenvalue weighted by Crippen LogP contribution is 2.51. The molecule has 0 aromatic rings. The van der Waals surface area contributed by atoms with E-state index in [1.165, 1.54) is 32.1 Å². The number of hydrogen-bond acceptors (Lipinski definition) is 4. The van der Waals surface area contributed by atoms with Gasteiger partial charge in [0.1, 0.15) is 0 Å². The van der Waals surface area contributed by atoms with Crippen LogP contribution in [-0.2, 0) is 9.59 Å². The van der Waals surface area contributed by atoms with Gasteiger partial charge in [-0.2, -0.15) is 9.98 Å². The van der Waals surface area contributed by atoms with Gasteiger partial charge in [0.2, 0.25) is 12.2 Å². The Kier molecular flexibility index (Phi) is 4.34. The Hall–Kier alpha value is -1.24. The van der Waals surface area contributed by atoms with E-state index in [9.17, 15) is 9.59 Å². The fraction of sp³-hybridized carbons (Fsp3) is 0.867. The van der Waals surface area contributed by atoms with Crippen LogP contribution >= 0.6 is 0 Å². The van der Waals surface area contributed by atoms with E-state index in [-0.39, 0.29) is 0 Å². The van der Waals surface area contributed by atoms with Crippen molar-refractivity contribution in [2.45, 2.75) is 70.4 Å². The molecule has 104 valence electrons. The summed E-state index contributed by atoms with van der Waals surface area (Å²) in [7, 11) is 0. The van der Waals surface area contributed by atoms with Gasteiger partial charge < -0.3 is 0 Å². The second-order valence-corrected chi connectivity index (χ2v) is 6.38. The van der Waals surface area contributed by atoms with Gasteiger partial charge in [0, 0.05) is 0 Å². The van der Waals surface area contributed by atoms with Crippen LogP contribution in [0.5, 0.6) is 0 Å². The second-order valence-electron chi connectivity index (χ2n) is 6.38. The van der Waals surface area contributed by atoms with Crippen molar-refractivity contribution in [1.82, 2.24) is 0 Å². The SMILES string of the molecule is CC1(C2CCCCC2)CCC(N=C=O)(N=C=O)CC1. The lowest BCUT2D eigenvalue weighted by atomic mass is 9.61. The van der Waals surface area contributed by atoms with Crippen molar-refractivity contribution in [2.75, 3.05) is 0 Å². The standard InChI is InChI=1S/C15H22N2O2/c1-14(13-5-3-2-4-6-13)7-9-15(10-8-14,16-11-18)17-12-19/h13H,2-10H2,1H3. The molecule has 2 aliphatic rings. The molecule has 0 radical (unpaired) electrons. The molecule has 0 unspecified atom stereocenters. The molecular weight excluding hydrogens is 240 g/mol. The lowest BCUT2D eigenvalue weighted by Crippen LogP contribution is -2.39. The Morgan fingerprint density at radius 2 is 1.42 bits per heavy atom. The van der Waals surface area contributed by atoms with Gasteiger partial charge in [-0.1, -0.05) is 26.2 Å².